The molecule has 1 amide bonds. The Kier molecular flexibility index (Phi) is 7.88. The summed E-state index contributed by atoms with van der Waals surface area (Å²) >= 11 is 6.22. The molecular weight excluding hydrogens is 386 g/mol. The summed E-state index contributed by atoms with van der Waals surface area (Å²) in [6.07, 6.45) is 0.161. The highest BCUT2D eigenvalue weighted by Gasteiger charge is 2.13. The van der Waals surface area contributed by atoms with Crippen molar-refractivity contribution in [1.29, 1.82) is 0 Å². The molecule has 8 nitrogen and oxygen atoms in total. The molecule has 0 heterocycles. The number of para-hydroxylation sites is 2. The van der Waals surface area contributed by atoms with Crippen molar-refractivity contribution in [1.82, 2.24) is 5.32 Å². The van der Waals surface area contributed by atoms with E-state index in [1.807, 2.05) is 6.92 Å². The molecule has 2 rings (SSSR count). The van der Waals surface area contributed by atoms with Crippen LogP contribution < -0.4 is 20.1 Å². The fourth-order valence-corrected chi connectivity index (χ4v) is 2.83. The maximum absolute atomic E-state index is 12.1. The number of amides is 1. The second-order valence-electron chi connectivity index (χ2n) is 5.77. The number of carbonyl (C=O) groups excluding carboxylic acids is 1. The Morgan fingerprint density at radius 3 is 2.71 bits per heavy atom. The van der Waals surface area contributed by atoms with Crippen LogP contribution in [0.2, 0.25) is 5.02 Å². The van der Waals surface area contributed by atoms with Crippen LogP contribution in [0.1, 0.15) is 18.9 Å². The minimum absolute atomic E-state index is 0.0287. The first kappa shape index (κ1) is 21.3. The predicted molar refractivity (Wildman–Crippen MR) is 107 cm³/mol. The van der Waals surface area contributed by atoms with Crippen LogP contribution in [0, 0.1) is 10.1 Å². The van der Waals surface area contributed by atoms with Crippen LogP contribution >= 0.6 is 11.6 Å². The Bertz CT molecular complexity index is 844. The second-order valence-corrected chi connectivity index (χ2v) is 6.18. The number of nitro groups is 1. The lowest BCUT2D eigenvalue weighted by Crippen LogP contribution is -2.25. The van der Waals surface area contributed by atoms with E-state index in [1.54, 1.807) is 30.3 Å². The van der Waals surface area contributed by atoms with Crippen LogP contribution in [0.4, 0.5) is 11.4 Å². The van der Waals surface area contributed by atoms with Crippen LogP contribution in [0.15, 0.2) is 36.4 Å². The van der Waals surface area contributed by atoms with E-state index in [-0.39, 0.29) is 31.1 Å². The van der Waals surface area contributed by atoms with Gasteiger partial charge in [0.2, 0.25) is 5.91 Å². The summed E-state index contributed by atoms with van der Waals surface area (Å²) in [7, 11) is 1.52. The molecule has 0 bridgehead atoms. The molecule has 0 aliphatic carbocycles. The van der Waals surface area contributed by atoms with Gasteiger partial charge in [0.15, 0.2) is 11.5 Å². The summed E-state index contributed by atoms with van der Waals surface area (Å²) in [5, 5.41) is 17.1. The third-order valence-electron chi connectivity index (χ3n) is 3.84. The first-order chi connectivity index (χ1) is 13.5. The van der Waals surface area contributed by atoms with E-state index in [0.29, 0.717) is 28.8 Å². The minimum Gasteiger partial charge on any atom is -0.493 e. The smallest absolute Gasteiger partial charge is 0.292 e. The number of anilines is 1. The van der Waals surface area contributed by atoms with Gasteiger partial charge in [-0.05, 0) is 30.7 Å². The van der Waals surface area contributed by atoms with Gasteiger partial charge in [-0.1, -0.05) is 23.7 Å². The summed E-state index contributed by atoms with van der Waals surface area (Å²) in [6.45, 7) is 2.84. The highest BCUT2D eigenvalue weighted by Crippen LogP contribution is 2.36. The van der Waals surface area contributed by atoms with Crippen molar-refractivity contribution in [3.05, 3.63) is 57.1 Å². The van der Waals surface area contributed by atoms with Gasteiger partial charge in [-0.25, -0.2) is 0 Å². The van der Waals surface area contributed by atoms with Crippen molar-refractivity contribution < 1.29 is 19.2 Å². The number of benzene rings is 2. The Hall–Kier alpha value is -3.00. The van der Waals surface area contributed by atoms with Gasteiger partial charge in [-0.15, -0.1) is 0 Å². The molecule has 150 valence electrons. The van der Waals surface area contributed by atoms with Crippen LogP contribution in [-0.4, -0.2) is 31.1 Å². The minimum atomic E-state index is -0.467. The van der Waals surface area contributed by atoms with Crippen molar-refractivity contribution in [2.24, 2.45) is 0 Å². The fraction of sp³-hybridized carbons (Fsp3) is 0.316. The summed E-state index contributed by atoms with van der Waals surface area (Å²) in [5.41, 5.74) is 1.12. The highest BCUT2D eigenvalue weighted by atomic mass is 35.5. The molecule has 0 radical (unpaired) electrons. The van der Waals surface area contributed by atoms with Gasteiger partial charge < -0.3 is 20.1 Å². The zero-order chi connectivity index (χ0) is 20.5. The maximum atomic E-state index is 12.1. The van der Waals surface area contributed by atoms with E-state index in [4.69, 9.17) is 21.1 Å². The number of methoxy groups -OCH3 is 1. The Balaban J connectivity index is 1.88. The molecule has 28 heavy (non-hydrogen) atoms. The van der Waals surface area contributed by atoms with Crippen molar-refractivity contribution >= 4 is 28.9 Å². The van der Waals surface area contributed by atoms with E-state index < -0.39 is 4.92 Å². The molecule has 0 saturated heterocycles. The molecule has 2 aromatic carbocycles. The monoisotopic (exact) mass is 407 g/mol. The van der Waals surface area contributed by atoms with E-state index >= 15 is 0 Å². The van der Waals surface area contributed by atoms with E-state index in [1.165, 1.54) is 13.2 Å². The van der Waals surface area contributed by atoms with Gasteiger partial charge in [0.05, 0.1) is 23.7 Å². The number of ether oxygens (including phenoxy) is 2. The van der Waals surface area contributed by atoms with Crippen molar-refractivity contribution in [2.45, 2.75) is 19.9 Å². The lowest BCUT2D eigenvalue weighted by molar-refractivity contribution is -0.384. The molecule has 0 unspecified atom stereocenters. The Morgan fingerprint density at radius 2 is 2.04 bits per heavy atom. The molecule has 2 N–H and O–H groups in total. The fourth-order valence-electron chi connectivity index (χ4n) is 2.54. The molecule has 0 fully saturated rings. The van der Waals surface area contributed by atoms with Gasteiger partial charge in [0.1, 0.15) is 5.69 Å². The molecule has 0 atom stereocenters. The summed E-state index contributed by atoms with van der Waals surface area (Å²) < 4.78 is 10.7. The van der Waals surface area contributed by atoms with Gasteiger partial charge in [-0.3, -0.25) is 14.9 Å². The van der Waals surface area contributed by atoms with Crippen molar-refractivity contribution in [2.75, 3.05) is 25.6 Å². The van der Waals surface area contributed by atoms with Gasteiger partial charge >= 0.3 is 0 Å². The summed E-state index contributed by atoms with van der Waals surface area (Å²) in [6, 6.07) is 9.75. The van der Waals surface area contributed by atoms with Gasteiger partial charge in [0.25, 0.3) is 5.69 Å². The van der Waals surface area contributed by atoms with Gasteiger partial charge in [0, 0.05) is 25.6 Å². The summed E-state index contributed by atoms with van der Waals surface area (Å²) in [5.74, 6) is 0.766. The number of nitrogens with zero attached hydrogens (tertiary/aromatic N) is 1. The third-order valence-corrected chi connectivity index (χ3v) is 4.12. The van der Waals surface area contributed by atoms with Gasteiger partial charge in [-0.2, -0.15) is 0 Å². The van der Waals surface area contributed by atoms with Crippen LogP contribution in [-0.2, 0) is 11.3 Å². The number of halogens is 1. The molecule has 0 aliphatic heterocycles. The number of carbonyl (C=O) groups is 1. The maximum Gasteiger partial charge on any atom is 0.292 e. The second kappa shape index (κ2) is 10.4. The number of nitro benzene ring substituents is 1. The number of rotatable bonds is 10. The Labute approximate surface area is 167 Å². The largest absolute Gasteiger partial charge is 0.493 e. The number of nitrogens with one attached hydrogen (secondary N) is 2. The average molecular weight is 408 g/mol. The van der Waals surface area contributed by atoms with Crippen LogP contribution in [0.5, 0.6) is 11.5 Å². The first-order valence-corrected chi connectivity index (χ1v) is 9.07. The standard InChI is InChI=1S/C19H22ClN3O5/c1-3-28-19-14(20)10-13(11-17(19)27-2)12-22-18(24)8-9-21-15-6-4-5-7-16(15)23(25)26/h4-7,10-11,21H,3,8-9,12H2,1-2H3,(H,22,24). The number of hydrogen-bond donors (Lipinski definition) is 2. The number of hydrogen-bond acceptors (Lipinski definition) is 6. The van der Waals surface area contributed by atoms with Crippen LogP contribution in [0.3, 0.4) is 0 Å². The third kappa shape index (κ3) is 5.75. The predicted octanol–water partition coefficient (Wildman–Crippen LogP) is 3.77. The SMILES string of the molecule is CCOc1c(Cl)cc(CNC(=O)CCNc2ccccc2[N+](=O)[O-])cc1OC. The summed E-state index contributed by atoms with van der Waals surface area (Å²) in [4.78, 5) is 22.6. The molecule has 0 aliphatic rings. The molecule has 0 saturated carbocycles. The van der Waals surface area contributed by atoms with E-state index in [2.05, 4.69) is 10.6 Å². The lowest BCUT2D eigenvalue weighted by Gasteiger charge is -2.13. The molecular formula is C19H22ClN3O5. The van der Waals surface area contributed by atoms with Crippen LogP contribution in [0.25, 0.3) is 0 Å². The molecule has 2 aromatic rings. The van der Waals surface area contributed by atoms with E-state index in [0.717, 1.165) is 5.56 Å². The molecule has 9 heteroatoms. The van der Waals surface area contributed by atoms with E-state index in [9.17, 15) is 14.9 Å². The molecule has 0 spiro atoms. The zero-order valence-corrected chi connectivity index (χ0v) is 16.4. The lowest BCUT2D eigenvalue weighted by atomic mass is 10.2. The quantitative estimate of drug-likeness (QED) is 0.459. The molecule has 0 aromatic heterocycles. The average Bonchev–Trinajstić information content (AvgIpc) is 2.68. The van der Waals surface area contributed by atoms with Crippen molar-refractivity contribution in [3.8, 4) is 11.5 Å². The normalized spacial score (nSPS) is 10.2. The Morgan fingerprint density at radius 1 is 1.29 bits per heavy atom. The highest BCUT2D eigenvalue weighted by molar-refractivity contribution is 6.32. The first-order valence-electron chi connectivity index (χ1n) is 8.69. The topological polar surface area (TPSA) is 103 Å². The van der Waals surface area contributed by atoms with Crippen molar-refractivity contribution in [3.63, 3.8) is 0 Å². The zero-order valence-electron chi connectivity index (χ0n) is 15.7.